The first-order valence-corrected chi connectivity index (χ1v) is 3.51. The summed E-state index contributed by atoms with van der Waals surface area (Å²) in [6, 6.07) is 1.51. The SMILES string of the molecule is Bc1cc(F)c(OC(F)(F)F)c(F)c1. The zero-order valence-corrected chi connectivity index (χ0v) is 6.95. The normalized spacial score (nSPS) is 11.5. The Morgan fingerprint density at radius 2 is 1.50 bits per heavy atom. The highest BCUT2D eigenvalue weighted by atomic mass is 19.4. The molecule has 0 amide bonds. The van der Waals surface area contributed by atoms with E-state index in [4.69, 9.17) is 0 Å². The van der Waals surface area contributed by atoms with Gasteiger partial charge in [0.05, 0.1) is 0 Å². The molecule has 0 N–H and O–H groups in total. The van der Waals surface area contributed by atoms with Crippen molar-refractivity contribution in [2.45, 2.75) is 6.36 Å². The van der Waals surface area contributed by atoms with Gasteiger partial charge in [-0.3, -0.25) is 0 Å². The van der Waals surface area contributed by atoms with E-state index in [1.807, 2.05) is 0 Å². The van der Waals surface area contributed by atoms with Crippen molar-refractivity contribution >= 4 is 13.3 Å². The van der Waals surface area contributed by atoms with Crippen LogP contribution < -0.4 is 10.2 Å². The Hall–Kier alpha value is -1.27. The Kier molecular flexibility index (Phi) is 2.68. The monoisotopic (exact) mass is 210 g/mol. The molecule has 0 unspecified atom stereocenters. The lowest BCUT2D eigenvalue weighted by Gasteiger charge is -2.10. The van der Waals surface area contributed by atoms with Crippen LogP contribution >= 0.6 is 0 Å². The minimum absolute atomic E-state index is 0.175. The van der Waals surface area contributed by atoms with Crippen LogP contribution in [0.25, 0.3) is 0 Å². The average molecular weight is 210 g/mol. The lowest BCUT2D eigenvalue weighted by Crippen LogP contribution is -2.20. The molecular formula is C7H4BF5O. The topological polar surface area (TPSA) is 9.23 Å². The van der Waals surface area contributed by atoms with Crippen LogP contribution in [0.4, 0.5) is 22.0 Å². The van der Waals surface area contributed by atoms with Gasteiger partial charge in [-0.15, -0.1) is 13.2 Å². The van der Waals surface area contributed by atoms with Gasteiger partial charge >= 0.3 is 6.36 Å². The Bertz CT molecular complexity index is 325. The van der Waals surface area contributed by atoms with E-state index in [9.17, 15) is 22.0 Å². The number of rotatable bonds is 1. The molecule has 0 atom stereocenters. The largest absolute Gasteiger partial charge is 0.573 e. The van der Waals surface area contributed by atoms with Crippen LogP contribution in [-0.2, 0) is 0 Å². The van der Waals surface area contributed by atoms with E-state index in [0.717, 1.165) is 12.1 Å². The fraction of sp³-hybridized carbons (Fsp3) is 0.143. The van der Waals surface area contributed by atoms with Gasteiger partial charge in [0.25, 0.3) is 0 Å². The summed E-state index contributed by atoms with van der Waals surface area (Å²) in [4.78, 5) is 0. The molecule has 1 nitrogen and oxygen atoms in total. The highest BCUT2D eigenvalue weighted by molar-refractivity contribution is 6.32. The lowest BCUT2D eigenvalue weighted by atomic mass is 9.96. The molecule has 0 saturated heterocycles. The van der Waals surface area contributed by atoms with Crippen molar-refractivity contribution in [2.24, 2.45) is 0 Å². The maximum atomic E-state index is 12.8. The highest BCUT2D eigenvalue weighted by Crippen LogP contribution is 2.27. The first-order valence-electron chi connectivity index (χ1n) is 3.51. The molecule has 1 aromatic carbocycles. The van der Waals surface area contributed by atoms with Gasteiger partial charge in [0.2, 0.25) is 5.75 Å². The van der Waals surface area contributed by atoms with E-state index in [0.29, 0.717) is 0 Å². The van der Waals surface area contributed by atoms with Crippen molar-refractivity contribution in [3.05, 3.63) is 23.8 Å². The fourth-order valence-corrected chi connectivity index (χ4v) is 0.900. The van der Waals surface area contributed by atoms with E-state index >= 15 is 0 Å². The smallest absolute Gasteiger partial charge is 0.399 e. The molecule has 14 heavy (non-hydrogen) atoms. The summed E-state index contributed by atoms with van der Waals surface area (Å²) in [6.45, 7) is 0. The van der Waals surface area contributed by atoms with Gasteiger partial charge in [-0.2, -0.15) is 0 Å². The second kappa shape index (κ2) is 3.47. The second-order valence-corrected chi connectivity index (χ2v) is 2.61. The van der Waals surface area contributed by atoms with Gasteiger partial charge in [0.15, 0.2) is 11.6 Å². The highest BCUT2D eigenvalue weighted by Gasteiger charge is 2.33. The van der Waals surface area contributed by atoms with Gasteiger partial charge in [0, 0.05) is 0 Å². The van der Waals surface area contributed by atoms with Crippen LogP contribution in [-0.4, -0.2) is 14.2 Å². The zero-order valence-electron chi connectivity index (χ0n) is 6.95. The minimum Gasteiger partial charge on any atom is -0.399 e. The summed E-state index contributed by atoms with van der Waals surface area (Å²) >= 11 is 0. The molecule has 0 radical (unpaired) electrons. The molecule has 0 aliphatic rings. The van der Waals surface area contributed by atoms with Crippen LogP contribution in [0, 0.1) is 11.6 Å². The number of hydrogen-bond acceptors (Lipinski definition) is 1. The van der Waals surface area contributed by atoms with Crippen molar-refractivity contribution in [1.82, 2.24) is 0 Å². The van der Waals surface area contributed by atoms with Crippen LogP contribution in [0.5, 0.6) is 5.75 Å². The van der Waals surface area contributed by atoms with Gasteiger partial charge < -0.3 is 4.74 Å². The summed E-state index contributed by atoms with van der Waals surface area (Å²) in [5, 5.41) is 0. The van der Waals surface area contributed by atoms with Crippen molar-refractivity contribution < 1.29 is 26.7 Å². The number of ether oxygens (including phenoxy) is 1. The molecule has 0 aliphatic heterocycles. The quantitative estimate of drug-likeness (QED) is 0.498. The summed E-state index contributed by atoms with van der Waals surface area (Å²) in [7, 11) is 1.35. The van der Waals surface area contributed by atoms with E-state index in [1.165, 1.54) is 7.85 Å². The second-order valence-electron chi connectivity index (χ2n) is 2.61. The van der Waals surface area contributed by atoms with Crippen molar-refractivity contribution in [3.63, 3.8) is 0 Å². The molecule has 0 fully saturated rings. The molecule has 0 saturated carbocycles. The fourth-order valence-electron chi connectivity index (χ4n) is 0.900. The average Bonchev–Trinajstić information content (AvgIpc) is 1.95. The number of halogens is 5. The predicted molar refractivity (Wildman–Crippen MR) is 41.2 cm³/mol. The van der Waals surface area contributed by atoms with Crippen LogP contribution in [0.1, 0.15) is 0 Å². The first kappa shape index (κ1) is 10.8. The summed E-state index contributed by atoms with van der Waals surface area (Å²) < 4.78 is 63.7. The van der Waals surface area contributed by atoms with Crippen molar-refractivity contribution in [1.29, 1.82) is 0 Å². The maximum absolute atomic E-state index is 12.8. The van der Waals surface area contributed by atoms with Gasteiger partial charge in [-0.05, 0) is 12.1 Å². The third-order valence-electron chi connectivity index (χ3n) is 1.36. The van der Waals surface area contributed by atoms with Crippen LogP contribution in [0.3, 0.4) is 0 Å². The molecule has 0 heterocycles. The van der Waals surface area contributed by atoms with Gasteiger partial charge in [-0.1, -0.05) is 5.46 Å². The Labute approximate surface area is 76.9 Å². The minimum atomic E-state index is -5.10. The molecule has 1 rings (SSSR count). The molecule has 0 aromatic heterocycles. The van der Waals surface area contributed by atoms with E-state index in [-0.39, 0.29) is 5.46 Å². The molecule has 0 spiro atoms. The van der Waals surface area contributed by atoms with E-state index in [2.05, 4.69) is 4.74 Å². The molecule has 7 heteroatoms. The van der Waals surface area contributed by atoms with Crippen molar-refractivity contribution in [2.75, 3.05) is 0 Å². The summed E-state index contributed by atoms with van der Waals surface area (Å²) in [6.07, 6.45) is -5.10. The van der Waals surface area contributed by atoms with Gasteiger partial charge in [-0.25, -0.2) is 8.78 Å². The predicted octanol–water partition coefficient (Wildman–Crippen LogP) is 1.12. The number of alkyl halides is 3. The summed E-state index contributed by atoms with van der Waals surface area (Å²) in [5.74, 6) is -4.18. The third-order valence-corrected chi connectivity index (χ3v) is 1.36. The number of hydrogen-bond donors (Lipinski definition) is 0. The Morgan fingerprint density at radius 1 is 1.07 bits per heavy atom. The number of benzene rings is 1. The summed E-state index contributed by atoms with van der Waals surface area (Å²) in [5.41, 5.74) is 0.175. The first-order chi connectivity index (χ1) is 6.29. The standard InChI is InChI=1S/C7H4BF5O/c8-3-1-4(9)6(5(10)2-3)14-7(11,12)13/h1-2H,8H2. The van der Waals surface area contributed by atoms with Crippen LogP contribution in [0.2, 0.25) is 0 Å². The third kappa shape index (κ3) is 2.61. The zero-order chi connectivity index (χ0) is 10.9. The molecular weight excluding hydrogens is 206 g/mol. The Balaban J connectivity index is 3.09. The van der Waals surface area contributed by atoms with Crippen LogP contribution in [0.15, 0.2) is 12.1 Å². The van der Waals surface area contributed by atoms with Crippen molar-refractivity contribution in [3.8, 4) is 5.75 Å². The molecule has 1 aromatic rings. The molecule has 0 aliphatic carbocycles. The Morgan fingerprint density at radius 3 is 1.86 bits per heavy atom. The van der Waals surface area contributed by atoms with E-state index < -0.39 is 23.7 Å². The maximum Gasteiger partial charge on any atom is 0.573 e. The lowest BCUT2D eigenvalue weighted by molar-refractivity contribution is -0.276. The molecule has 76 valence electrons. The molecule has 0 bridgehead atoms. The van der Waals surface area contributed by atoms with Gasteiger partial charge in [0.1, 0.15) is 7.85 Å². The van der Waals surface area contributed by atoms with E-state index in [1.54, 1.807) is 0 Å².